The molecule has 0 spiro atoms. The van der Waals surface area contributed by atoms with Gasteiger partial charge in [0.1, 0.15) is 5.82 Å². The first kappa shape index (κ1) is 20.3. The zero-order valence-electron chi connectivity index (χ0n) is 18.9. The summed E-state index contributed by atoms with van der Waals surface area (Å²) in [5.41, 5.74) is 6.58. The maximum atomic E-state index is 13.1. The monoisotopic (exact) mass is 450 g/mol. The number of aromatic nitrogens is 2. The van der Waals surface area contributed by atoms with Gasteiger partial charge in [-0.1, -0.05) is 42.0 Å². The minimum Gasteiger partial charge on any atom is -0.356 e. The molecule has 4 heterocycles. The lowest BCUT2D eigenvalue weighted by Gasteiger charge is -2.34. The lowest BCUT2D eigenvalue weighted by Crippen LogP contribution is -2.37. The fraction of sp³-hybridized carbons (Fsp3) is 0.192. The van der Waals surface area contributed by atoms with Gasteiger partial charge < -0.3 is 5.32 Å². The van der Waals surface area contributed by atoms with E-state index in [4.69, 9.17) is 9.98 Å². The minimum absolute atomic E-state index is 0.183. The number of amidine groups is 1. The van der Waals surface area contributed by atoms with Gasteiger partial charge in [-0.25, -0.2) is 14.8 Å². The van der Waals surface area contributed by atoms with Crippen molar-refractivity contribution in [1.82, 2.24) is 9.97 Å². The maximum Gasteiger partial charge on any atom is 0.327 e. The third-order valence-electron chi connectivity index (χ3n) is 6.57. The molecule has 1 aromatic heterocycles. The Kier molecular flexibility index (Phi) is 4.38. The molecular formula is C26H22N6O2. The number of aromatic amines is 2. The van der Waals surface area contributed by atoms with Crippen LogP contribution >= 0.6 is 0 Å². The number of benzene rings is 2. The average Bonchev–Trinajstić information content (AvgIpc) is 2.94. The van der Waals surface area contributed by atoms with Gasteiger partial charge >= 0.3 is 5.69 Å². The van der Waals surface area contributed by atoms with Crippen LogP contribution in [0.5, 0.6) is 0 Å². The number of anilines is 1. The molecule has 0 radical (unpaired) electrons. The molecule has 8 nitrogen and oxygen atoms in total. The third kappa shape index (κ3) is 3.02. The van der Waals surface area contributed by atoms with Crippen LogP contribution in [0.3, 0.4) is 0 Å². The Labute approximate surface area is 194 Å². The van der Waals surface area contributed by atoms with Gasteiger partial charge in [0.25, 0.3) is 5.56 Å². The molecule has 2 atom stereocenters. The van der Waals surface area contributed by atoms with Gasteiger partial charge in [-0.05, 0) is 38.5 Å². The average molecular weight is 451 g/mol. The molecule has 2 unspecified atom stereocenters. The van der Waals surface area contributed by atoms with Crippen LogP contribution in [0.1, 0.15) is 36.5 Å². The topological polar surface area (TPSA) is 115 Å². The Bertz CT molecular complexity index is 1600. The molecule has 0 bridgehead atoms. The van der Waals surface area contributed by atoms with Gasteiger partial charge in [-0.15, -0.1) is 0 Å². The SMILES string of the molecule is CC1=NC2=Nc3[nH]c(=O)[nH]c(=O)c3C(c3ccc(C)cc3)C2=C2Nc3ccccc3N=C(C)C12. The van der Waals surface area contributed by atoms with Crippen LogP contribution in [0.15, 0.2) is 84.4 Å². The molecular weight excluding hydrogens is 428 g/mol. The second-order valence-electron chi connectivity index (χ2n) is 8.86. The first-order valence-electron chi connectivity index (χ1n) is 11.1. The molecule has 0 saturated heterocycles. The van der Waals surface area contributed by atoms with E-state index in [0.29, 0.717) is 11.4 Å². The number of hydrogen-bond donors (Lipinski definition) is 3. The zero-order chi connectivity index (χ0) is 23.6. The van der Waals surface area contributed by atoms with Crippen molar-refractivity contribution < 1.29 is 0 Å². The zero-order valence-corrected chi connectivity index (χ0v) is 18.9. The number of fused-ring (bicyclic) bond motifs is 4. The van der Waals surface area contributed by atoms with E-state index in [0.717, 1.165) is 45.2 Å². The van der Waals surface area contributed by atoms with Crippen molar-refractivity contribution in [2.24, 2.45) is 20.9 Å². The van der Waals surface area contributed by atoms with Crippen LogP contribution < -0.4 is 16.6 Å². The fourth-order valence-electron chi connectivity index (χ4n) is 5.06. The van der Waals surface area contributed by atoms with Crippen LogP contribution in [0, 0.1) is 12.8 Å². The van der Waals surface area contributed by atoms with Crippen molar-refractivity contribution in [3.63, 3.8) is 0 Å². The van der Waals surface area contributed by atoms with Crippen molar-refractivity contribution in [2.45, 2.75) is 26.7 Å². The van der Waals surface area contributed by atoms with Gasteiger partial charge in [0.05, 0.1) is 22.9 Å². The van der Waals surface area contributed by atoms with Gasteiger partial charge in [0, 0.05) is 28.6 Å². The Hall–Kier alpha value is -4.33. The van der Waals surface area contributed by atoms with Crippen LogP contribution in [0.25, 0.3) is 0 Å². The van der Waals surface area contributed by atoms with Gasteiger partial charge in [-0.3, -0.25) is 19.8 Å². The number of dihydropyridines is 1. The highest BCUT2D eigenvalue weighted by Gasteiger charge is 2.41. The number of H-pyrrole nitrogens is 2. The summed E-state index contributed by atoms with van der Waals surface area (Å²) in [7, 11) is 0. The van der Waals surface area contributed by atoms with Crippen LogP contribution in [0.2, 0.25) is 0 Å². The number of aryl methyl sites for hydroxylation is 1. The van der Waals surface area contributed by atoms with E-state index in [9.17, 15) is 9.59 Å². The number of allylic oxidation sites excluding steroid dienone is 1. The van der Waals surface area contributed by atoms with Crippen molar-refractivity contribution in [3.05, 3.63) is 97.3 Å². The molecule has 0 saturated carbocycles. The molecule has 3 aliphatic heterocycles. The van der Waals surface area contributed by atoms with E-state index in [1.807, 2.05) is 69.3 Å². The number of aliphatic imine (C=N–C) groups is 3. The number of nitrogens with one attached hydrogen (secondary N) is 3. The molecule has 8 heteroatoms. The predicted octanol–water partition coefficient (Wildman–Crippen LogP) is 4.11. The normalized spacial score (nSPS) is 20.5. The summed E-state index contributed by atoms with van der Waals surface area (Å²) in [5.74, 6) is 0.0807. The van der Waals surface area contributed by atoms with E-state index in [-0.39, 0.29) is 11.7 Å². The smallest absolute Gasteiger partial charge is 0.327 e. The summed E-state index contributed by atoms with van der Waals surface area (Å²) in [6, 6.07) is 15.9. The highest BCUT2D eigenvalue weighted by molar-refractivity contribution is 6.21. The lowest BCUT2D eigenvalue weighted by atomic mass is 9.77. The maximum absolute atomic E-state index is 13.1. The van der Waals surface area contributed by atoms with Crippen LogP contribution in [0.4, 0.5) is 17.2 Å². The summed E-state index contributed by atoms with van der Waals surface area (Å²) < 4.78 is 0. The molecule has 34 heavy (non-hydrogen) atoms. The summed E-state index contributed by atoms with van der Waals surface area (Å²) in [6.07, 6.45) is 0. The van der Waals surface area contributed by atoms with E-state index < -0.39 is 17.2 Å². The molecule has 3 aromatic rings. The Balaban J connectivity index is 1.71. The highest BCUT2D eigenvalue weighted by atomic mass is 16.2. The molecule has 2 aromatic carbocycles. The van der Waals surface area contributed by atoms with Crippen molar-refractivity contribution in [1.29, 1.82) is 0 Å². The quantitative estimate of drug-likeness (QED) is 0.518. The molecule has 0 amide bonds. The number of rotatable bonds is 1. The van der Waals surface area contributed by atoms with E-state index in [1.54, 1.807) is 0 Å². The number of nitrogens with zero attached hydrogens (tertiary/aromatic N) is 3. The van der Waals surface area contributed by atoms with Crippen LogP contribution in [-0.4, -0.2) is 27.2 Å². The van der Waals surface area contributed by atoms with Gasteiger partial charge in [-0.2, -0.15) is 0 Å². The van der Waals surface area contributed by atoms with Crippen molar-refractivity contribution in [2.75, 3.05) is 5.32 Å². The molecule has 6 rings (SSSR count). The third-order valence-corrected chi connectivity index (χ3v) is 6.57. The predicted molar refractivity (Wildman–Crippen MR) is 134 cm³/mol. The van der Waals surface area contributed by atoms with E-state index >= 15 is 0 Å². The second-order valence-corrected chi connectivity index (χ2v) is 8.86. The minimum atomic E-state index is -0.592. The molecule has 3 aliphatic rings. The second kappa shape index (κ2) is 7.34. The standard InChI is InChI=1S/C26H22N6O2/c1-12-8-10-15(11-9-12)19-20-22-18(13(2)27-16-6-4-5-7-17(16)29-22)14(3)28-23(20)30-24-21(19)25(33)32-26(34)31-24/h4-11,18-19,29H,1-3H3,(H2,31,32,33,34). The van der Waals surface area contributed by atoms with Gasteiger partial charge in [0.15, 0.2) is 5.84 Å². The fourth-order valence-corrected chi connectivity index (χ4v) is 5.06. The molecule has 168 valence electrons. The summed E-state index contributed by atoms with van der Waals surface area (Å²) in [4.78, 5) is 44.7. The first-order valence-corrected chi connectivity index (χ1v) is 11.1. The first-order chi connectivity index (χ1) is 16.4. The summed E-state index contributed by atoms with van der Waals surface area (Å²) in [6.45, 7) is 5.97. The Morgan fingerprint density at radius 1 is 0.794 bits per heavy atom. The molecule has 0 aliphatic carbocycles. The number of hydrogen-bond acceptors (Lipinski definition) is 6. The van der Waals surface area contributed by atoms with Crippen molar-refractivity contribution in [3.8, 4) is 0 Å². The summed E-state index contributed by atoms with van der Waals surface area (Å²) >= 11 is 0. The van der Waals surface area contributed by atoms with E-state index in [1.165, 1.54) is 0 Å². The van der Waals surface area contributed by atoms with Crippen molar-refractivity contribution >= 4 is 34.5 Å². The summed E-state index contributed by atoms with van der Waals surface area (Å²) in [5, 5.41) is 3.61. The molecule has 0 fully saturated rings. The largest absolute Gasteiger partial charge is 0.356 e. The van der Waals surface area contributed by atoms with E-state index in [2.05, 4.69) is 20.3 Å². The van der Waals surface area contributed by atoms with Gasteiger partial charge in [0.2, 0.25) is 0 Å². The Morgan fingerprint density at radius 2 is 1.53 bits per heavy atom. The Morgan fingerprint density at radius 3 is 2.32 bits per heavy atom. The molecule has 3 N–H and O–H groups in total. The van der Waals surface area contributed by atoms with Crippen LogP contribution in [-0.2, 0) is 0 Å². The number of para-hydroxylation sites is 2. The highest BCUT2D eigenvalue weighted by Crippen LogP contribution is 2.45. The lowest BCUT2D eigenvalue weighted by molar-refractivity contribution is 0.856.